The largest absolute Gasteiger partial charge is 0.383 e. The van der Waals surface area contributed by atoms with Gasteiger partial charge in [-0.1, -0.05) is 0 Å². The van der Waals surface area contributed by atoms with Crippen molar-refractivity contribution >= 4 is 11.5 Å². The molecule has 19 heavy (non-hydrogen) atoms. The Bertz CT molecular complexity index is 778. The lowest BCUT2D eigenvalue weighted by atomic mass is 10.1. The maximum atomic E-state index is 13.6. The predicted molar refractivity (Wildman–Crippen MR) is 69.7 cm³/mol. The van der Waals surface area contributed by atoms with Crippen LogP contribution >= 0.6 is 0 Å². The molecular weight excluding hydrogens is 248 g/mol. The number of hydrogen-bond donors (Lipinski definition) is 1. The van der Waals surface area contributed by atoms with Gasteiger partial charge in [0.05, 0.1) is 0 Å². The first-order valence-corrected chi connectivity index (χ1v) is 5.76. The van der Waals surface area contributed by atoms with Gasteiger partial charge in [0.15, 0.2) is 11.5 Å². The molecule has 96 valence electrons. The van der Waals surface area contributed by atoms with Crippen molar-refractivity contribution in [2.45, 2.75) is 6.92 Å². The number of pyridine rings is 1. The molecule has 0 bridgehead atoms. The van der Waals surface area contributed by atoms with Crippen molar-refractivity contribution in [1.82, 2.24) is 9.38 Å². The SMILES string of the molecule is Cc1cc(-c2nc3c(F)cccn3c2N)ccc1F. The number of aromatic nitrogens is 2. The van der Waals surface area contributed by atoms with E-state index in [0.717, 1.165) is 0 Å². The molecule has 3 rings (SSSR count). The third kappa shape index (κ3) is 1.74. The van der Waals surface area contributed by atoms with Crippen molar-refractivity contribution in [3.8, 4) is 11.3 Å². The Kier molecular flexibility index (Phi) is 2.48. The number of fused-ring (bicyclic) bond motifs is 1. The van der Waals surface area contributed by atoms with E-state index in [9.17, 15) is 8.78 Å². The van der Waals surface area contributed by atoms with E-state index in [4.69, 9.17) is 5.73 Å². The van der Waals surface area contributed by atoms with Crippen molar-refractivity contribution in [3.05, 3.63) is 53.7 Å². The summed E-state index contributed by atoms with van der Waals surface area (Å²) in [5.41, 5.74) is 7.75. The van der Waals surface area contributed by atoms with Gasteiger partial charge >= 0.3 is 0 Å². The third-order valence-corrected chi connectivity index (χ3v) is 3.07. The maximum absolute atomic E-state index is 13.6. The number of nitrogens with zero attached hydrogens (tertiary/aromatic N) is 2. The number of nitrogens with two attached hydrogens (primary N) is 1. The molecule has 0 aliphatic heterocycles. The second-order valence-corrected chi connectivity index (χ2v) is 4.36. The average molecular weight is 259 g/mol. The van der Waals surface area contributed by atoms with Gasteiger partial charge in [0.25, 0.3) is 0 Å². The minimum absolute atomic E-state index is 0.164. The van der Waals surface area contributed by atoms with E-state index < -0.39 is 5.82 Å². The van der Waals surface area contributed by atoms with Gasteiger partial charge in [-0.25, -0.2) is 13.8 Å². The topological polar surface area (TPSA) is 43.3 Å². The molecule has 0 saturated carbocycles. The second kappa shape index (κ2) is 4.05. The Hall–Kier alpha value is -2.43. The highest BCUT2D eigenvalue weighted by Crippen LogP contribution is 2.28. The van der Waals surface area contributed by atoms with E-state index in [2.05, 4.69) is 4.98 Å². The monoisotopic (exact) mass is 259 g/mol. The standard InChI is InChI=1S/C14H11F2N3/c1-8-7-9(4-5-10(8)15)12-13(17)19-6-2-3-11(16)14(19)18-12/h2-7H,17H2,1H3. The van der Waals surface area contributed by atoms with Crippen LogP contribution < -0.4 is 5.73 Å². The fraction of sp³-hybridized carbons (Fsp3) is 0.0714. The molecule has 0 saturated heterocycles. The minimum Gasteiger partial charge on any atom is -0.383 e. The molecule has 0 unspecified atom stereocenters. The number of hydrogen-bond acceptors (Lipinski definition) is 2. The Labute approximate surface area is 108 Å². The number of nitrogen functional groups attached to an aromatic ring is 1. The number of halogens is 2. The van der Waals surface area contributed by atoms with E-state index in [-0.39, 0.29) is 11.5 Å². The fourth-order valence-corrected chi connectivity index (χ4v) is 2.06. The summed E-state index contributed by atoms with van der Waals surface area (Å²) in [6.45, 7) is 1.66. The van der Waals surface area contributed by atoms with Crippen LogP contribution in [-0.2, 0) is 0 Å². The maximum Gasteiger partial charge on any atom is 0.175 e. The summed E-state index contributed by atoms with van der Waals surface area (Å²) in [5.74, 6) is -0.406. The third-order valence-electron chi connectivity index (χ3n) is 3.07. The van der Waals surface area contributed by atoms with Crippen molar-refractivity contribution < 1.29 is 8.78 Å². The first-order valence-electron chi connectivity index (χ1n) is 5.76. The number of benzene rings is 1. The van der Waals surface area contributed by atoms with Crippen molar-refractivity contribution in [1.29, 1.82) is 0 Å². The molecule has 3 nitrogen and oxygen atoms in total. The first-order chi connectivity index (χ1) is 9.08. The van der Waals surface area contributed by atoms with Crippen LogP contribution in [0.4, 0.5) is 14.6 Å². The minimum atomic E-state index is -0.445. The normalized spacial score (nSPS) is 11.1. The zero-order valence-corrected chi connectivity index (χ0v) is 10.2. The molecule has 0 radical (unpaired) electrons. The lowest BCUT2D eigenvalue weighted by Gasteiger charge is -2.02. The highest BCUT2D eigenvalue weighted by molar-refractivity contribution is 5.75. The molecule has 3 aromatic rings. The molecule has 5 heteroatoms. The quantitative estimate of drug-likeness (QED) is 0.729. The highest BCUT2D eigenvalue weighted by atomic mass is 19.1. The molecular formula is C14H11F2N3. The fourth-order valence-electron chi connectivity index (χ4n) is 2.06. The molecule has 2 N–H and O–H groups in total. The van der Waals surface area contributed by atoms with Crippen molar-refractivity contribution in [3.63, 3.8) is 0 Å². The van der Waals surface area contributed by atoms with Gasteiger partial charge in [0.1, 0.15) is 17.3 Å². The van der Waals surface area contributed by atoms with Crippen LogP contribution in [0.1, 0.15) is 5.56 Å². The van der Waals surface area contributed by atoms with Gasteiger partial charge in [0, 0.05) is 11.8 Å². The summed E-state index contributed by atoms with van der Waals surface area (Å²) < 4.78 is 28.4. The molecule has 0 amide bonds. The summed E-state index contributed by atoms with van der Waals surface area (Å²) in [4.78, 5) is 4.19. The number of aryl methyl sites for hydroxylation is 1. The van der Waals surface area contributed by atoms with Crippen LogP contribution in [0.3, 0.4) is 0 Å². The van der Waals surface area contributed by atoms with Crippen molar-refractivity contribution in [2.75, 3.05) is 5.73 Å². The van der Waals surface area contributed by atoms with E-state index in [1.165, 1.54) is 16.5 Å². The summed E-state index contributed by atoms with van der Waals surface area (Å²) in [7, 11) is 0. The Balaban J connectivity index is 2.28. The van der Waals surface area contributed by atoms with Crippen LogP contribution in [0, 0.1) is 18.6 Å². The molecule has 0 fully saturated rings. The van der Waals surface area contributed by atoms with Crippen LogP contribution in [0.2, 0.25) is 0 Å². The molecule has 0 atom stereocenters. The van der Waals surface area contributed by atoms with Crippen LogP contribution in [0.15, 0.2) is 36.5 Å². The van der Waals surface area contributed by atoms with Gasteiger partial charge < -0.3 is 5.73 Å². The van der Waals surface area contributed by atoms with E-state index in [1.807, 2.05) is 0 Å². The average Bonchev–Trinajstić information content (AvgIpc) is 2.72. The summed E-state index contributed by atoms with van der Waals surface area (Å²) in [5, 5.41) is 0. The van der Waals surface area contributed by atoms with Gasteiger partial charge in [-0.05, 0) is 42.8 Å². The molecule has 0 spiro atoms. The van der Waals surface area contributed by atoms with E-state index in [1.54, 1.807) is 31.3 Å². The lowest BCUT2D eigenvalue weighted by Crippen LogP contribution is -1.95. The van der Waals surface area contributed by atoms with Crippen LogP contribution in [0.25, 0.3) is 16.9 Å². The first kappa shape index (κ1) is 11.6. The molecule has 0 aliphatic rings. The van der Waals surface area contributed by atoms with Crippen LogP contribution in [0.5, 0.6) is 0 Å². The number of anilines is 1. The summed E-state index contributed by atoms with van der Waals surface area (Å²) in [6, 6.07) is 7.45. The number of imidazole rings is 1. The Morgan fingerprint density at radius 1 is 1.16 bits per heavy atom. The van der Waals surface area contributed by atoms with Crippen LogP contribution in [-0.4, -0.2) is 9.38 Å². The Morgan fingerprint density at radius 2 is 1.95 bits per heavy atom. The molecule has 1 aromatic carbocycles. The molecule has 2 heterocycles. The highest BCUT2D eigenvalue weighted by Gasteiger charge is 2.14. The zero-order valence-electron chi connectivity index (χ0n) is 10.2. The lowest BCUT2D eigenvalue weighted by molar-refractivity contribution is 0.618. The van der Waals surface area contributed by atoms with Gasteiger partial charge in [0.2, 0.25) is 0 Å². The van der Waals surface area contributed by atoms with Gasteiger partial charge in [-0.2, -0.15) is 0 Å². The molecule has 0 aliphatic carbocycles. The number of rotatable bonds is 1. The smallest absolute Gasteiger partial charge is 0.175 e. The van der Waals surface area contributed by atoms with Gasteiger partial charge in [-0.15, -0.1) is 0 Å². The van der Waals surface area contributed by atoms with E-state index >= 15 is 0 Å². The van der Waals surface area contributed by atoms with Gasteiger partial charge in [-0.3, -0.25) is 4.40 Å². The molecule has 2 aromatic heterocycles. The van der Waals surface area contributed by atoms with Crippen molar-refractivity contribution in [2.24, 2.45) is 0 Å². The zero-order chi connectivity index (χ0) is 13.6. The summed E-state index contributed by atoms with van der Waals surface area (Å²) in [6.07, 6.45) is 1.64. The predicted octanol–water partition coefficient (Wildman–Crippen LogP) is 3.17. The second-order valence-electron chi connectivity index (χ2n) is 4.36. The summed E-state index contributed by atoms with van der Waals surface area (Å²) >= 11 is 0. The Morgan fingerprint density at radius 3 is 2.63 bits per heavy atom. The van der Waals surface area contributed by atoms with E-state index in [0.29, 0.717) is 22.6 Å².